The number of hydrogen-bond donors (Lipinski definition) is 0. The third kappa shape index (κ3) is 3.07. The van der Waals surface area contributed by atoms with Crippen LogP contribution in [0.5, 0.6) is 11.5 Å². The van der Waals surface area contributed by atoms with Crippen LogP contribution < -0.4 is 9.47 Å². The van der Waals surface area contributed by atoms with Gasteiger partial charge in [0.15, 0.2) is 11.5 Å². The van der Waals surface area contributed by atoms with Crippen molar-refractivity contribution in [2.24, 2.45) is 0 Å². The van der Waals surface area contributed by atoms with Crippen LogP contribution in [0.1, 0.15) is 23.7 Å². The van der Waals surface area contributed by atoms with Crippen LogP contribution in [0.3, 0.4) is 0 Å². The lowest BCUT2D eigenvalue weighted by Crippen LogP contribution is -2.59. The van der Waals surface area contributed by atoms with Gasteiger partial charge in [0.1, 0.15) is 0 Å². The minimum atomic E-state index is -0.423. The molecule has 0 saturated carbocycles. The minimum Gasteiger partial charge on any atom is -0.454 e. The molecule has 0 aromatic heterocycles. The number of ether oxygens (including phenoxy) is 5. The number of morpholine rings is 1. The first-order valence-corrected chi connectivity index (χ1v) is 8.70. The second kappa shape index (κ2) is 6.82. The summed E-state index contributed by atoms with van der Waals surface area (Å²) in [5, 5.41) is 0. The first-order chi connectivity index (χ1) is 12.2. The summed E-state index contributed by atoms with van der Waals surface area (Å²) in [7, 11) is 0. The molecule has 3 heterocycles. The summed E-state index contributed by atoms with van der Waals surface area (Å²) in [5.41, 5.74) is 0.173. The fraction of sp³-hybridized carbons (Fsp3) is 0.611. The summed E-state index contributed by atoms with van der Waals surface area (Å²) in [4.78, 5) is 15.1. The topological polar surface area (TPSA) is 66.5 Å². The number of carbonyl (C=O) groups is 1. The maximum absolute atomic E-state index is 13.2. The summed E-state index contributed by atoms with van der Waals surface area (Å²) in [6.45, 7) is 5.41. The van der Waals surface area contributed by atoms with E-state index in [1.807, 2.05) is 11.8 Å². The van der Waals surface area contributed by atoms with E-state index in [9.17, 15) is 4.79 Å². The first-order valence-electron chi connectivity index (χ1n) is 8.70. The number of amides is 1. The van der Waals surface area contributed by atoms with Gasteiger partial charge in [0, 0.05) is 25.1 Å². The molecule has 0 aliphatic carbocycles. The fourth-order valence-corrected chi connectivity index (χ4v) is 3.70. The predicted octanol–water partition coefficient (Wildman–Crippen LogP) is 1.45. The van der Waals surface area contributed by atoms with Crippen molar-refractivity contribution in [3.63, 3.8) is 0 Å². The van der Waals surface area contributed by atoms with Crippen molar-refractivity contribution in [1.82, 2.24) is 4.90 Å². The Balaban J connectivity index is 1.54. The van der Waals surface area contributed by atoms with Crippen LogP contribution in [0.2, 0.25) is 0 Å². The molecule has 0 bridgehead atoms. The van der Waals surface area contributed by atoms with Crippen LogP contribution in [-0.2, 0) is 14.2 Å². The maximum Gasteiger partial charge on any atom is 0.254 e. The van der Waals surface area contributed by atoms with Gasteiger partial charge in [-0.3, -0.25) is 4.79 Å². The number of rotatable bonds is 4. The third-order valence-corrected chi connectivity index (χ3v) is 4.97. The lowest BCUT2D eigenvalue weighted by Gasteiger charge is -2.43. The average Bonchev–Trinajstić information content (AvgIpc) is 3.26. The Labute approximate surface area is 146 Å². The Bertz CT molecular complexity index is 650. The Kier molecular flexibility index (Phi) is 4.54. The van der Waals surface area contributed by atoms with Crippen LogP contribution in [0, 0.1) is 0 Å². The zero-order chi connectivity index (χ0) is 17.3. The zero-order valence-electron chi connectivity index (χ0n) is 14.4. The highest BCUT2D eigenvalue weighted by molar-refractivity contribution is 5.95. The highest BCUT2D eigenvalue weighted by Gasteiger charge is 2.49. The van der Waals surface area contributed by atoms with E-state index in [0.717, 1.165) is 6.42 Å². The lowest BCUT2D eigenvalue weighted by atomic mass is 9.92. The van der Waals surface area contributed by atoms with Gasteiger partial charge in [-0.2, -0.15) is 0 Å². The molecule has 25 heavy (non-hydrogen) atoms. The van der Waals surface area contributed by atoms with E-state index >= 15 is 0 Å². The van der Waals surface area contributed by atoms with E-state index in [1.54, 1.807) is 18.2 Å². The standard InChI is InChI=1S/C18H23NO6/c1-2-21-9-14-8-18(11-23-14)10-22-6-5-19(18)17(20)13-3-4-15-16(7-13)25-12-24-15/h3-4,7,14H,2,5-6,8-12H2,1H3. The van der Waals surface area contributed by atoms with Gasteiger partial charge in [0.25, 0.3) is 5.91 Å². The summed E-state index contributed by atoms with van der Waals surface area (Å²) in [6, 6.07) is 5.32. The summed E-state index contributed by atoms with van der Waals surface area (Å²) < 4.78 is 27.8. The number of carbonyl (C=O) groups excluding carboxylic acids is 1. The van der Waals surface area contributed by atoms with Crippen molar-refractivity contribution in [1.29, 1.82) is 0 Å². The number of benzene rings is 1. The first kappa shape index (κ1) is 16.6. The van der Waals surface area contributed by atoms with Gasteiger partial charge in [0.05, 0.1) is 38.1 Å². The molecule has 1 aromatic carbocycles. The van der Waals surface area contributed by atoms with E-state index in [1.165, 1.54) is 0 Å². The largest absolute Gasteiger partial charge is 0.454 e. The monoisotopic (exact) mass is 349 g/mol. The Morgan fingerprint density at radius 3 is 3.08 bits per heavy atom. The zero-order valence-corrected chi connectivity index (χ0v) is 14.4. The molecular weight excluding hydrogens is 326 g/mol. The molecule has 3 aliphatic heterocycles. The maximum atomic E-state index is 13.2. The molecular formula is C18H23NO6. The van der Waals surface area contributed by atoms with Crippen molar-refractivity contribution in [2.45, 2.75) is 25.0 Å². The quantitative estimate of drug-likeness (QED) is 0.820. The van der Waals surface area contributed by atoms with Crippen LogP contribution in [-0.4, -0.2) is 68.8 Å². The van der Waals surface area contributed by atoms with Crippen LogP contribution in [0.15, 0.2) is 18.2 Å². The Morgan fingerprint density at radius 2 is 2.20 bits per heavy atom. The molecule has 2 fully saturated rings. The molecule has 1 amide bonds. The SMILES string of the molecule is CCOCC1CC2(COCCN2C(=O)c2ccc3c(c2)OCO3)CO1. The smallest absolute Gasteiger partial charge is 0.254 e. The Morgan fingerprint density at radius 1 is 1.32 bits per heavy atom. The summed E-state index contributed by atoms with van der Waals surface area (Å²) in [6.07, 6.45) is 0.720. The van der Waals surface area contributed by atoms with Crippen molar-refractivity contribution < 1.29 is 28.5 Å². The van der Waals surface area contributed by atoms with Gasteiger partial charge in [-0.05, 0) is 25.1 Å². The van der Waals surface area contributed by atoms with Gasteiger partial charge in [0.2, 0.25) is 6.79 Å². The average molecular weight is 349 g/mol. The normalized spacial score (nSPS) is 27.9. The predicted molar refractivity (Wildman–Crippen MR) is 88.0 cm³/mol. The third-order valence-electron chi connectivity index (χ3n) is 4.97. The molecule has 2 unspecified atom stereocenters. The second-order valence-electron chi connectivity index (χ2n) is 6.60. The van der Waals surface area contributed by atoms with Crippen LogP contribution >= 0.6 is 0 Å². The molecule has 2 saturated heterocycles. The van der Waals surface area contributed by atoms with Gasteiger partial charge in [-0.1, -0.05) is 0 Å². The van der Waals surface area contributed by atoms with Crippen molar-refractivity contribution in [2.75, 3.05) is 46.4 Å². The molecule has 136 valence electrons. The molecule has 2 atom stereocenters. The van der Waals surface area contributed by atoms with Crippen molar-refractivity contribution >= 4 is 5.91 Å². The van der Waals surface area contributed by atoms with E-state index < -0.39 is 5.54 Å². The Hall–Kier alpha value is -1.83. The van der Waals surface area contributed by atoms with E-state index in [4.69, 9.17) is 23.7 Å². The molecule has 7 heteroatoms. The van der Waals surface area contributed by atoms with Gasteiger partial charge < -0.3 is 28.6 Å². The van der Waals surface area contributed by atoms with Crippen LogP contribution in [0.4, 0.5) is 0 Å². The highest BCUT2D eigenvalue weighted by Crippen LogP contribution is 2.36. The van der Waals surface area contributed by atoms with Crippen LogP contribution in [0.25, 0.3) is 0 Å². The molecule has 7 nitrogen and oxygen atoms in total. The number of nitrogens with zero attached hydrogens (tertiary/aromatic N) is 1. The van der Waals surface area contributed by atoms with E-state index in [0.29, 0.717) is 56.6 Å². The minimum absolute atomic E-state index is 0.00583. The van der Waals surface area contributed by atoms with Gasteiger partial charge >= 0.3 is 0 Å². The molecule has 3 aliphatic rings. The number of fused-ring (bicyclic) bond motifs is 1. The highest BCUT2D eigenvalue weighted by atomic mass is 16.7. The van der Waals surface area contributed by atoms with E-state index in [2.05, 4.69) is 0 Å². The molecule has 0 radical (unpaired) electrons. The fourth-order valence-electron chi connectivity index (χ4n) is 3.70. The number of hydrogen-bond acceptors (Lipinski definition) is 6. The summed E-state index contributed by atoms with van der Waals surface area (Å²) >= 11 is 0. The molecule has 0 N–H and O–H groups in total. The van der Waals surface area contributed by atoms with Gasteiger partial charge in [-0.15, -0.1) is 0 Å². The molecule has 1 aromatic rings. The second-order valence-corrected chi connectivity index (χ2v) is 6.60. The molecule has 1 spiro atoms. The van der Waals surface area contributed by atoms with E-state index in [-0.39, 0.29) is 18.8 Å². The summed E-state index contributed by atoms with van der Waals surface area (Å²) in [5.74, 6) is 1.27. The molecule has 4 rings (SSSR count). The lowest BCUT2D eigenvalue weighted by molar-refractivity contribution is -0.0559. The van der Waals surface area contributed by atoms with Gasteiger partial charge in [-0.25, -0.2) is 0 Å². The van der Waals surface area contributed by atoms with Crippen molar-refractivity contribution in [3.8, 4) is 11.5 Å². The van der Waals surface area contributed by atoms with Crippen molar-refractivity contribution in [3.05, 3.63) is 23.8 Å².